The molecule has 5 heteroatoms. The number of aromatic amines is 1. The number of phenols is 1. The second kappa shape index (κ2) is 4.51. The summed E-state index contributed by atoms with van der Waals surface area (Å²) in [6, 6.07) is 3.52. The molecule has 4 nitrogen and oxygen atoms in total. The standard InChI is InChI=1S/C10H13N3O.ClH/c1-13(2)5-7-9(14)4-3-8-10(7)12-6-11-8;/h3-4,6,14H,5H2,1-2H3,(H,11,12);1H/p-1. The molecule has 2 rings (SSSR count). The van der Waals surface area contributed by atoms with Gasteiger partial charge in [0, 0.05) is 12.1 Å². The first kappa shape index (κ1) is 11.8. The molecule has 0 atom stereocenters. The van der Waals surface area contributed by atoms with Crippen LogP contribution < -0.4 is 12.4 Å². The molecule has 0 unspecified atom stereocenters. The summed E-state index contributed by atoms with van der Waals surface area (Å²) in [4.78, 5) is 9.21. The predicted molar refractivity (Wildman–Crippen MR) is 55.1 cm³/mol. The van der Waals surface area contributed by atoms with Gasteiger partial charge in [-0.1, -0.05) is 0 Å². The lowest BCUT2D eigenvalue weighted by atomic mass is 10.1. The van der Waals surface area contributed by atoms with Crippen molar-refractivity contribution in [2.75, 3.05) is 14.1 Å². The number of phenolic OH excluding ortho intramolecular Hbond substituents is 1. The van der Waals surface area contributed by atoms with E-state index in [9.17, 15) is 5.11 Å². The predicted octanol–water partition coefficient (Wildman–Crippen LogP) is -1.67. The number of fused-ring (bicyclic) bond motifs is 1. The van der Waals surface area contributed by atoms with Gasteiger partial charge in [-0.2, -0.15) is 0 Å². The second-order valence-corrected chi connectivity index (χ2v) is 3.60. The third-order valence-electron chi connectivity index (χ3n) is 2.15. The van der Waals surface area contributed by atoms with E-state index in [1.54, 1.807) is 12.4 Å². The number of hydrogen-bond donors (Lipinski definition) is 2. The third kappa shape index (κ3) is 2.22. The number of imidazole rings is 1. The van der Waals surface area contributed by atoms with Gasteiger partial charge in [0.1, 0.15) is 5.75 Å². The topological polar surface area (TPSA) is 52.1 Å². The summed E-state index contributed by atoms with van der Waals surface area (Å²) in [5.74, 6) is 0.304. The molecule has 0 bridgehead atoms. The van der Waals surface area contributed by atoms with Crippen LogP contribution in [-0.4, -0.2) is 34.1 Å². The van der Waals surface area contributed by atoms with Gasteiger partial charge in [-0.3, -0.25) is 0 Å². The van der Waals surface area contributed by atoms with Crippen molar-refractivity contribution in [3.05, 3.63) is 24.0 Å². The first-order valence-corrected chi connectivity index (χ1v) is 4.47. The van der Waals surface area contributed by atoms with Crippen molar-refractivity contribution in [1.29, 1.82) is 0 Å². The molecule has 0 fully saturated rings. The number of nitrogens with zero attached hydrogens (tertiary/aromatic N) is 2. The highest BCUT2D eigenvalue weighted by molar-refractivity contribution is 5.80. The molecule has 1 aromatic heterocycles. The summed E-state index contributed by atoms with van der Waals surface area (Å²) in [5, 5.41) is 9.70. The van der Waals surface area contributed by atoms with Crippen LogP contribution in [0.25, 0.3) is 11.0 Å². The van der Waals surface area contributed by atoms with Crippen molar-refractivity contribution >= 4 is 11.0 Å². The van der Waals surface area contributed by atoms with E-state index < -0.39 is 0 Å². The fourth-order valence-electron chi connectivity index (χ4n) is 1.53. The molecule has 0 saturated heterocycles. The van der Waals surface area contributed by atoms with Crippen LogP contribution in [0.5, 0.6) is 5.75 Å². The molecule has 82 valence electrons. The summed E-state index contributed by atoms with van der Waals surface area (Å²) in [7, 11) is 3.93. The van der Waals surface area contributed by atoms with Crippen LogP contribution in [0.1, 0.15) is 5.56 Å². The highest BCUT2D eigenvalue weighted by Crippen LogP contribution is 2.25. The van der Waals surface area contributed by atoms with E-state index in [2.05, 4.69) is 9.97 Å². The van der Waals surface area contributed by atoms with Crippen molar-refractivity contribution in [2.45, 2.75) is 6.54 Å². The van der Waals surface area contributed by atoms with Crippen LogP contribution >= 0.6 is 0 Å². The van der Waals surface area contributed by atoms with E-state index in [-0.39, 0.29) is 12.4 Å². The average molecular weight is 227 g/mol. The Morgan fingerprint density at radius 1 is 1.40 bits per heavy atom. The number of H-pyrrole nitrogens is 1. The fourth-order valence-corrected chi connectivity index (χ4v) is 1.53. The van der Waals surface area contributed by atoms with Gasteiger partial charge in [-0.05, 0) is 26.2 Å². The Morgan fingerprint density at radius 2 is 2.13 bits per heavy atom. The second-order valence-electron chi connectivity index (χ2n) is 3.60. The summed E-state index contributed by atoms with van der Waals surface area (Å²) in [5.41, 5.74) is 2.67. The number of halogens is 1. The monoisotopic (exact) mass is 226 g/mol. The van der Waals surface area contributed by atoms with E-state index in [0.29, 0.717) is 12.3 Å². The maximum absolute atomic E-state index is 9.70. The molecule has 15 heavy (non-hydrogen) atoms. The molecule has 0 aliphatic heterocycles. The minimum atomic E-state index is 0. The van der Waals surface area contributed by atoms with Crippen LogP contribution in [0.15, 0.2) is 18.5 Å². The van der Waals surface area contributed by atoms with Crippen molar-refractivity contribution in [3.63, 3.8) is 0 Å². The summed E-state index contributed by atoms with van der Waals surface area (Å²) in [6.45, 7) is 0.689. The minimum absolute atomic E-state index is 0. The molecule has 2 aromatic rings. The van der Waals surface area contributed by atoms with Crippen LogP contribution in [-0.2, 0) is 6.54 Å². The number of aromatic nitrogens is 2. The summed E-state index contributed by atoms with van der Waals surface area (Å²) in [6.07, 6.45) is 1.64. The summed E-state index contributed by atoms with van der Waals surface area (Å²) < 4.78 is 0. The van der Waals surface area contributed by atoms with E-state index >= 15 is 0 Å². The van der Waals surface area contributed by atoms with Crippen LogP contribution in [0.2, 0.25) is 0 Å². The third-order valence-corrected chi connectivity index (χ3v) is 2.15. The van der Waals surface area contributed by atoms with Gasteiger partial charge < -0.3 is 27.4 Å². The number of nitrogens with one attached hydrogen (secondary N) is 1. The molecule has 1 heterocycles. The molecule has 2 N–H and O–H groups in total. The Morgan fingerprint density at radius 3 is 2.80 bits per heavy atom. The fraction of sp³-hybridized carbons (Fsp3) is 0.300. The van der Waals surface area contributed by atoms with E-state index in [1.165, 1.54) is 0 Å². The molecule has 0 radical (unpaired) electrons. The maximum Gasteiger partial charge on any atom is 0.122 e. The van der Waals surface area contributed by atoms with Crippen molar-refractivity contribution in [2.24, 2.45) is 0 Å². The van der Waals surface area contributed by atoms with Gasteiger partial charge in [0.05, 0.1) is 17.4 Å². The Hall–Kier alpha value is -1.26. The SMILES string of the molecule is CN(C)Cc1c(O)ccc2[nH]cnc12.[Cl-]. The molecule has 1 aromatic carbocycles. The molecular weight excluding hydrogens is 214 g/mol. The Balaban J connectivity index is 0.00000112. The first-order chi connectivity index (χ1) is 6.68. The Labute approximate surface area is 94.3 Å². The molecule has 0 spiro atoms. The van der Waals surface area contributed by atoms with Gasteiger partial charge in [0.25, 0.3) is 0 Å². The highest BCUT2D eigenvalue weighted by atomic mass is 35.5. The van der Waals surface area contributed by atoms with Crippen molar-refractivity contribution in [3.8, 4) is 5.75 Å². The molecule has 0 saturated carbocycles. The Kier molecular flexibility index (Phi) is 3.55. The van der Waals surface area contributed by atoms with Gasteiger partial charge in [0.15, 0.2) is 0 Å². The van der Waals surface area contributed by atoms with Crippen LogP contribution in [0.4, 0.5) is 0 Å². The molecular formula is C10H13ClN3O-. The average Bonchev–Trinajstić information content (AvgIpc) is 2.57. The lowest BCUT2D eigenvalue weighted by Gasteiger charge is -2.11. The van der Waals surface area contributed by atoms with Crippen LogP contribution in [0, 0.1) is 0 Å². The van der Waals surface area contributed by atoms with Gasteiger partial charge in [0.2, 0.25) is 0 Å². The summed E-state index contributed by atoms with van der Waals surface area (Å²) >= 11 is 0. The lowest BCUT2D eigenvalue weighted by Crippen LogP contribution is -3.00. The molecule has 0 amide bonds. The van der Waals surface area contributed by atoms with Crippen LogP contribution in [0.3, 0.4) is 0 Å². The first-order valence-electron chi connectivity index (χ1n) is 4.47. The highest BCUT2D eigenvalue weighted by Gasteiger charge is 2.09. The number of rotatable bonds is 2. The normalized spacial score (nSPS) is 10.6. The van der Waals surface area contributed by atoms with E-state index in [1.807, 2.05) is 25.1 Å². The van der Waals surface area contributed by atoms with Gasteiger partial charge >= 0.3 is 0 Å². The van der Waals surface area contributed by atoms with Crippen molar-refractivity contribution < 1.29 is 17.5 Å². The zero-order valence-corrected chi connectivity index (χ0v) is 9.41. The molecule has 0 aliphatic rings. The van der Waals surface area contributed by atoms with Gasteiger partial charge in [-0.15, -0.1) is 0 Å². The minimum Gasteiger partial charge on any atom is -1.00 e. The zero-order chi connectivity index (χ0) is 10.1. The maximum atomic E-state index is 9.70. The smallest absolute Gasteiger partial charge is 0.122 e. The lowest BCUT2D eigenvalue weighted by molar-refractivity contribution is -0.00000410. The molecule has 0 aliphatic carbocycles. The Bertz CT molecular complexity index is 453. The van der Waals surface area contributed by atoms with Gasteiger partial charge in [-0.25, -0.2) is 4.98 Å². The quantitative estimate of drug-likeness (QED) is 0.644. The van der Waals surface area contributed by atoms with E-state index in [4.69, 9.17) is 0 Å². The zero-order valence-electron chi connectivity index (χ0n) is 8.66. The van der Waals surface area contributed by atoms with Crippen molar-refractivity contribution in [1.82, 2.24) is 14.9 Å². The van der Waals surface area contributed by atoms with E-state index in [0.717, 1.165) is 16.6 Å². The number of hydrogen-bond acceptors (Lipinski definition) is 3. The largest absolute Gasteiger partial charge is 1.00 e. The number of benzene rings is 1. The number of aromatic hydroxyl groups is 1.